The van der Waals surface area contributed by atoms with Crippen LogP contribution >= 0.6 is 0 Å². The lowest BCUT2D eigenvalue weighted by Crippen LogP contribution is -2.41. The number of carbonyl (C=O) groups excluding carboxylic acids is 1. The molecular formula is C15H24N2O. The number of amides is 1. The van der Waals surface area contributed by atoms with E-state index in [-0.39, 0.29) is 0 Å². The zero-order valence-electron chi connectivity index (χ0n) is 11.3. The van der Waals surface area contributed by atoms with Gasteiger partial charge in [0.2, 0.25) is 5.91 Å². The lowest BCUT2D eigenvalue weighted by Gasteiger charge is -2.25. The first-order chi connectivity index (χ1) is 8.72. The third-order valence-electron chi connectivity index (χ3n) is 4.81. The highest BCUT2D eigenvalue weighted by Crippen LogP contribution is 2.42. The molecule has 1 heterocycles. The lowest BCUT2D eigenvalue weighted by molar-refractivity contribution is -0.127. The number of hydrogen-bond donors (Lipinski definition) is 1. The molecule has 0 aromatic rings. The standard InChI is InChI=1S/C15H24N2O/c1-11(10-17-6-2-3-15(17)18)16-9-14-8-12-4-5-13(14)7-12/h4-5,11-14,16H,2-3,6-10H2,1H3. The zero-order chi connectivity index (χ0) is 12.5. The smallest absolute Gasteiger partial charge is 0.222 e. The van der Waals surface area contributed by atoms with Crippen LogP contribution in [0.25, 0.3) is 0 Å². The predicted molar refractivity (Wildman–Crippen MR) is 72.1 cm³/mol. The number of rotatable bonds is 5. The van der Waals surface area contributed by atoms with Crippen molar-refractivity contribution in [2.24, 2.45) is 17.8 Å². The topological polar surface area (TPSA) is 32.3 Å². The quantitative estimate of drug-likeness (QED) is 0.752. The van der Waals surface area contributed by atoms with Crippen molar-refractivity contribution in [1.82, 2.24) is 10.2 Å². The number of carbonyl (C=O) groups is 1. The molecule has 2 fully saturated rings. The van der Waals surface area contributed by atoms with Crippen molar-refractivity contribution in [1.29, 1.82) is 0 Å². The highest BCUT2D eigenvalue weighted by molar-refractivity contribution is 5.78. The van der Waals surface area contributed by atoms with E-state index in [0.717, 1.165) is 50.2 Å². The lowest BCUT2D eigenvalue weighted by atomic mass is 9.93. The maximum Gasteiger partial charge on any atom is 0.222 e. The molecule has 1 N–H and O–H groups in total. The third kappa shape index (κ3) is 2.46. The molecule has 2 bridgehead atoms. The molecule has 3 rings (SSSR count). The summed E-state index contributed by atoms with van der Waals surface area (Å²) in [6.07, 6.45) is 9.35. The van der Waals surface area contributed by atoms with Gasteiger partial charge in [-0.15, -0.1) is 0 Å². The van der Waals surface area contributed by atoms with Crippen molar-refractivity contribution < 1.29 is 4.79 Å². The van der Waals surface area contributed by atoms with Crippen LogP contribution in [0.1, 0.15) is 32.6 Å². The van der Waals surface area contributed by atoms with Gasteiger partial charge >= 0.3 is 0 Å². The highest BCUT2D eigenvalue weighted by Gasteiger charge is 2.35. The first kappa shape index (κ1) is 12.2. The zero-order valence-corrected chi connectivity index (χ0v) is 11.3. The second kappa shape index (κ2) is 5.04. The molecule has 0 aromatic heterocycles. The molecule has 4 atom stereocenters. The number of nitrogens with zero attached hydrogens (tertiary/aromatic N) is 1. The van der Waals surface area contributed by atoms with E-state index >= 15 is 0 Å². The van der Waals surface area contributed by atoms with Crippen LogP contribution in [-0.2, 0) is 4.79 Å². The fourth-order valence-corrected chi connectivity index (χ4v) is 3.77. The van der Waals surface area contributed by atoms with E-state index in [1.54, 1.807) is 0 Å². The number of nitrogens with one attached hydrogen (secondary N) is 1. The summed E-state index contributed by atoms with van der Waals surface area (Å²) in [7, 11) is 0. The molecule has 4 unspecified atom stereocenters. The van der Waals surface area contributed by atoms with Crippen LogP contribution in [0.2, 0.25) is 0 Å². The fourth-order valence-electron chi connectivity index (χ4n) is 3.77. The van der Waals surface area contributed by atoms with Crippen molar-refractivity contribution in [2.45, 2.75) is 38.6 Å². The van der Waals surface area contributed by atoms with Crippen molar-refractivity contribution in [3.8, 4) is 0 Å². The van der Waals surface area contributed by atoms with Crippen LogP contribution in [0.4, 0.5) is 0 Å². The van der Waals surface area contributed by atoms with Crippen molar-refractivity contribution in [3.63, 3.8) is 0 Å². The molecule has 1 saturated heterocycles. The van der Waals surface area contributed by atoms with Crippen molar-refractivity contribution in [2.75, 3.05) is 19.6 Å². The minimum absolute atomic E-state index is 0.339. The van der Waals surface area contributed by atoms with Gasteiger partial charge in [0.15, 0.2) is 0 Å². The minimum Gasteiger partial charge on any atom is -0.341 e. The average molecular weight is 248 g/mol. The maximum absolute atomic E-state index is 11.6. The van der Waals surface area contributed by atoms with Gasteiger partial charge in [0.25, 0.3) is 0 Å². The summed E-state index contributed by atoms with van der Waals surface area (Å²) in [4.78, 5) is 13.6. The third-order valence-corrected chi connectivity index (χ3v) is 4.81. The van der Waals surface area contributed by atoms with Gasteiger partial charge in [-0.3, -0.25) is 4.79 Å². The van der Waals surface area contributed by atoms with Crippen LogP contribution in [0.15, 0.2) is 12.2 Å². The van der Waals surface area contributed by atoms with E-state index in [2.05, 4.69) is 24.4 Å². The molecule has 1 saturated carbocycles. The summed E-state index contributed by atoms with van der Waals surface area (Å²) in [5.74, 6) is 2.85. The second-order valence-electron chi connectivity index (χ2n) is 6.29. The monoisotopic (exact) mass is 248 g/mol. The summed E-state index contributed by atoms with van der Waals surface area (Å²) < 4.78 is 0. The molecule has 0 radical (unpaired) electrons. The van der Waals surface area contributed by atoms with E-state index in [9.17, 15) is 4.79 Å². The summed E-state index contributed by atoms with van der Waals surface area (Å²) in [5.41, 5.74) is 0. The molecule has 3 aliphatic rings. The van der Waals surface area contributed by atoms with Crippen LogP contribution < -0.4 is 5.32 Å². The summed E-state index contributed by atoms with van der Waals surface area (Å²) in [6, 6.07) is 0.426. The number of allylic oxidation sites excluding steroid dienone is 2. The van der Waals surface area contributed by atoms with Crippen LogP contribution in [0.5, 0.6) is 0 Å². The molecule has 2 aliphatic carbocycles. The van der Waals surface area contributed by atoms with Crippen LogP contribution in [0, 0.1) is 17.8 Å². The maximum atomic E-state index is 11.6. The van der Waals surface area contributed by atoms with E-state index in [0.29, 0.717) is 11.9 Å². The van der Waals surface area contributed by atoms with Crippen LogP contribution in [0.3, 0.4) is 0 Å². The van der Waals surface area contributed by atoms with Gasteiger partial charge in [-0.25, -0.2) is 0 Å². The van der Waals surface area contributed by atoms with E-state index in [1.165, 1.54) is 12.8 Å². The average Bonchev–Trinajstić information content (AvgIpc) is 3.04. The molecule has 3 heteroatoms. The number of hydrogen-bond acceptors (Lipinski definition) is 2. The number of fused-ring (bicyclic) bond motifs is 2. The normalized spacial score (nSPS) is 35.7. The Bertz CT molecular complexity index is 352. The van der Waals surface area contributed by atoms with Gasteiger partial charge in [0.1, 0.15) is 0 Å². The van der Waals surface area contributed by atoms with Gasteiger partial charge in [-0.1, -0.05) is 12.2 Å². The van der Waals surface area contributed by atoms with E-state index in [1.807, 2.05) is 4.90 Å². The van der Waals surface area contributed by atoms with Crippen molar-refractivity contribution >= 4 is 5.91 Å². The Kier molecular flexibility index (Phi) is 3.42. The van der Waals surface area contributed by atoms with Gasteiger partial charge < -0.3 is 10.2 Å². The highest BCUT2D eigenvalue weighted by atomic mass is 16.2. The Balaban J connectivity index is 1.40. The SMILES string of the molecule is CC(CN1CCCC1=O)NCC1CC2C=CC1C2. The molecule has 0 spiro atoms. The molecule has 0 aromatic carbocycles. The molecule has 1 amide bonds. The Hall–Kier alpha value is -0.830. The molecule has 1 aliphatic heterocycles. The first-order valence-electron chi connectivity index (χ1n) is 7.42. The Morgan fingerprint density at radius 2 is 2.33 bits per heavy atom. The first-order valence-corrected chi connectivity index (χ1v) is 7.42. The van der Waals surface area contributed by atoms with E-state index in [4.69, 9.17) is 0 Å². The van der Waals surface area contributed by atoms with Gasteiger partial charge in [0, 0.05) is 25.6 Å². The Labute approximate surface area is 110 Å². The largest absolute Gasteiger partial charge is 0.341 e. The second-order valence-corrected chi connectivity index (χ2v) is 6.29. The van der Waals surface area contributed by atoms with Gasteiger partial charge in [-0.2, -0.15) is 0 Å². The Morgan fingerprint density at radius 3 is 2.94 bits per heavy atom. The molecule has 100 valence electrons. The predicted octanol–water partition coefficient (Wildman–Crippen LogP) is 1.80. The summed E-state index contributed by atoms with van der Waals surface area (Å²) >= 11 is 0. The Morgan fingerprint density at radius 1 is 1.44 bits per heavy atom. The van der Waals surface area contributed by atoms with Gasteiger partial charge in [0.05, 0.1) is 0 Å². The number of likely N-dealkylation sites (tertiary alicyclic amines) is 1. The molecular weight excluding hydrogens is 224 g/mol. The minimum atomic E-state index is 0.339. The van der Waals surface area contributed by atoms with E-state index < -0.39 is 0 Å². The summed E-state index contributed by atoms with van der Waals surface area (Å²) in [6.45, 7) is 5.17. The van der Waals surface area contributed by atoms with Crippen LogP contribution in [-0.4, -0.2) is 36.5 Å². The fraction of sp³-hybridized carbons (Fsp3) is 0.800. The molecule has 3 nitrogen and oxygen atoms in total. The summed E-state index contributed by atoms with van der Waals surface area (Å²) in [5, 5.41) is 3.63. The molecule has 18 heavy (non-hydrogen) atoms. The van der Waals surface area contributed by atoms with Gasteiger partial charge in [-0.05, 0) is 50.5 Å². The van der Waals surface area contributed by atoms with Crippen molar-refractivity contribution in [3.05, 3.63) is 12.2 Å².